The minimum atomic E-state index is -0.616. The predicted molar refractivity (Wildman–Crippen MR) is 129 cm³/mol. The Labute approximate surface area is 195 Å². The Balaban J connectivity index is 1.42. The molecule has 0 saturated heterocycles. The summed E-state index contributed by atoms with van der Waals surface area (Å²) in [7, 11) is 0. The van der Waals surface area contributed by atoms with Crippen molar-refractivity contribution in [3.63, 3.8) is 0 Å². The van der Waals surface area contributed by atoms with Gasteiger partial charge in [-0.25, -0.2) is 9.18 Å². The van der Waals surface area contributed by atoms with Gasteiger partial charge in [-0.1, -0.05) is 48.5 Å². The lowest BCUT2D eigenvalue weighted by atomic mass is 9.93. The van der Waals surface area contributed by atoms with Gasteiger partial charge in [-0.05, 0) is 47.4 Å². The molecule has 3 amide bonds. The summed E-state index contributed by atoms with van der Waals surface area (Å²) in [6.45, 7) is 1.21. The van der Waals surface area contributed by atoms with Gasteiger partial charge in [-0.2, -0.15) is 5.10 Å². The van der Waals surface area contributed by atoms with E-state index in [1.807, 2.05) is 48.5 Å². The number of fused-ring (bicyclic) bond motifs is 1. The Bertz CT molecular complexity index is 1410. The number of hydrogen-bond acceptors (Lipinski definition) is 3. The van der Waals surface area contributed by atoms with E-state index < -0.39 is 12.7 Å². The number of rotatable bonds is 5. The van der Waals surface area contributed by atoms with Gasteiger partial charge in [-0.3, -0.25) is 9.89 Å². The summed E-state index contributed by atoms with van der Waals surface area (Å²) in [5, 5.41) is 16.2. The van der Waals surface area contributed by atoms with Crippen LogP contribution in [0.2, 0.25) is 0 Å². The molecule has 5 rings (SSSR count). The van der Waals surface area contributed by atoms with Gasteiger partial charge in [0, 0.05) is 16.8 Å². The summed E-state index contributed by atoms with van der Waals surface area (Å²) >= 11 is 0. The number of benzene rings is 3. The van der Waals surface area contributed by atoms with Crippen molar-refractivity contribution in [2.45, 2.75) is 19.6 Å². The number of nitrogens with zero attached hydrogens (tertiary/aromatic N) is 1. The normalized spacial score (nSPS) is 15.7. The summed E-state index contributed by atoms with van der Waals surface area (Å²) in [5.41, 5.74) is 5.72. The molecule has 7 nitrogen and oxygen atoms in total. The van der Waals surface area contributed by atoms with Crippen LogP contribution in [0.5, 0.6) is 0 Å². The first-order valence-electron chi connectivity index (χ1n) is 10.8. The third-order valence-electron chi connectivity index (χ3n) is 5.90. The van der Waals surface area contributed by atoms with Gasteiger partial charge in [0.15, 0.2) is 0 Å². The maximum absolute atomic E-state index is 13.3. The minimum absolute atomic E-state index is 0.316. The predicted octanol–water partition coefficient (Wildman–Crippen LogP) is 4.97. The fraction of sp³-hybridized carbons (Fsp3) is 0.115. The number of halogens is 1. The molecule has 0 bridgehead atoms. The first-order valence-corrected chi connectivity index (χ1v) is 10.8. The van der Waals surface area contributed by atoms with E-state index in [9.17, 15) is 14.0 Å². The molecule has 8 heteroatoms. The number of carbonyl (C=O) groups is 2. The SMILES string of the molecule is CC1=C(C(=O)Nc2ccc3[nH]ncc3c2)C(c2ccc(-c3ccc(CF)cc3)cc2)NC(=O)N1. The molecule has 1 unspecified atom stereocenters. The number of nitrogens with one attached hydrogen (secondary N) is 4. The van der Waals surface area contributed by atoms with Crippen molar-refractivity contribution >= 4 is 28.5 Å². The molecule has 1 aliphatic heterocycles. The van der Waals surface area contributed by atoms with Crippen molar-refractivity contribution in [2.24, 2.45) is 0 Å². The van der Waals surface area contributed by atoms with E-state index in [1.165, 1.54) is 0 Å². The van der Waals surface area contributed by atoms with E-state index in [0.29, 0.717) is 22.5 Å². The Morgan fingerprint density at radius 1 is 1.03 bits per heavy atom. The first kappa shape index (κ1) is 21.4. The molecule has 4 N–H and O–H groups in total. The fourth-order valence-corrected chi connectivity index (χ4v) is 4.12. The van der Waals surface area contributed by atoms with E-state index >= 15 is 0 Å². The lowest BCUT2D eigenvalue weighted by molar-refractivity contribution is -0.113. The molecule has 0 spiro atoms. The van der Waals surface area contributed by atoms with Gasteiger partial charge in [0.1, 0.15) is 6.67 Å². The third kappa shape index (κ3) is 4.13. The fourth-order valence-electron chi connectivity index (χ4n) is 4.12. The zero-order valence-corrected chi connectivity index (χ0v) is 18.4. The molecule has 1 atom stereocenters. The number of H-pyrrole nitrogens is 1. The molecule has 0 fully saturated rings. The average molecular weight is 455 g/mol. The zero-order valence-electron chi connectivity index (χ0n) is 18.4. The average Bonchev–Trinajstić information content (AvgIpc) is 3.31. The molecule has 34 heavy (non-hydrogen) atoms. The lowest BCUT2D eigenvalue weighted by Gasteiger charge is -2.28. The number of carbonyl (C=O) groups excluding carboxylic acids is 2. The highest BCUT2D eigenvalue weighted by Crippen LogP contribution is 2.30. The molecule has 4 aromatic rings. The van der Waals surface area contributed by atoms with Crippen molar-refractivity contribution in [3.05, 3.63) is 95.3 Å². The first-order chi connectivity index (χ1) is 16.5. The molecule has 0 radical (unpaired) electrons. The number of aromatic amines is 1. The van der Waals surface area contributed by atoms with Crippen LogP contribution in [-0.4, -0.2) is 22.1 Å². The molecule has 2 heterocycles. The summed E-state index contributed by atoms with van der Waals surface area (Å²) in [6.07, 6.45) is 1.69. The number of anilines is 1. The number of aromatic nitrogens is 2. The Hall–Kier alpha value is -4.46. The number of urea groups is 1. The molecule has 1 aromatic heterocycles. The van der Waals surface area contributed by atoms with Crippen molar-refractivity contribution in [1.29, 1.82) is 0 Å². The van der Waals surface area contributed by atoms with E-state index in [1.54, 1.807) is 31.3 Å². The summed E-state index contributed by atoms with van der Waals surface area (Å²) in [4.78, 5) is 25.5. The van der Waals surface area contributed by atoms with Crippen LogP contribution < -0.4 is 16.0 Å². The van der Waals surface area contributed by atoms with Crippen LogP contribution in [0, 0.1) is 0 Å². The van der Waals surface area contributed by atoms with E-state index in [-0.39, 0.29) is 11.9 Å². The van der Waals surface area contributed by atoms with E-state index in [0.717, 1.165) is 27.6 Å². The van der Waals surface area contributed by atoms with Gasteiger partial charge in [0.25, 0.3) is 5.91 Å². The van der Waals surface area contributed by atoms with Gasteiger partial charge >= 0.3 is 6.03 Å². The van der Waals surface area contributed by atoms with Crippen LogP contribution in [0.25, 0.3) is 22.0 Å². The number of amides is 3. The van der Waals surface area contributed by atoms with Crippen LogP contribution in [0.4, 0.5) is 14.9 Å². The maximum atomic E-state index is 13.3. The quantitative estimate of drug-likeness (QED) is 0.342. The summed E-state index contributed by atoms with van der Waals surface area (Å²) in [6, 6.07) is 19.3. The molecule has 1 aliphatic rings. The second-order valence-corrected chi connectivity index (χ2v) is 8.15. The smallest absolute Gasteiger partial charge is 0.319 e. The minimum Gasteiger partial charge on any atom is -0.327 e. The van der Waals surface area contributed by atoms with Crippen molar-refractivity contribution in [3.8, 4) is 11.1 Å². The van der Waals surface area contributed by atoms with Crippen LogP contribution in [0.3, 0.4) is 0 Å². The number of alkyl halides is 1. The van der Waals surface area contributed by atoms with E-state index in [4.69, 9.17) is 0 Å². The van der Waals surface area contributed by atoms with Crippen molar-refractivity contribution in [1.82, 2.24) is 20.8 Å². The Morgan fingerprint density at radius 3 is 2.44 bits per heavy atom. The highest BCUT2D eigenvalue weighted by atomic mass is 19.1. The largest absolute Gasteiger partial charge is 0.327 e. The topological polar surface area (TPSA) is 98.9 Å². The Kier molecular flexibility index (Phi) is 5.55. The molecular formula is C26H22FN5O2. The Morgan fingerprint density at radius 2 is 1.74 bits per heavy atom. The lowest BCUT2D eigenvalue weighted by Crippen LogP contribution is -2.45. The number of allylic oxidation sites excluding steroid dienone is 1. The second-order valence-electron chi connectivity index (χ2n) is 8.15. The summed E-state index contributed by atoms with van der Waals surface area (Å²) < 4.78 is 12.8. The molecule has 0 aliphatic carbocycles. The van der Waals surface area contributed by atoms with Crippen molar-refractivity contribution in [2.75, 3.05) is 5.32 Å². The highest BCUT2D eigenvalue weighted by molar-refractivity contribution is 6.07. The standard InChI is InChI=1S/C26H22FN5O2/c1-15-23(25(33)30-21-10-11-22-20(12-21)14-28-32-22)24(31-26(34)29-15)19-8-6-18(7-9-19)17-4-2-16(13-27)3-5-17/h2-12,14,24H,13H2,1H3,(H,28,32)(H,30,33)(H2,29,31,34). The van der Waals surface area contributed by atoms with Gasteiger partial charge < -0.3 is 16.0 Å². The van der Waals surface area contributed by atoms with Gasteiger partial charge in [0.05, 0.1) is 23.3 Å². The number of hydrogen-bond donors (Lipinski definition) is 4. The van der Waals surface area contributed by atoms with Crippen LogP contribution >= 0.6 is 0 Å². The maximum Gasteiger partial charge on any atom is 0.319 e. The van der Waals surface area contributed by atoms with Gasteiger partial charge in [-0.15, -0.1) is 0 Å². The second kappa shape index (κ2) is 8.82. The molecule has 170 valence electrons. The van der Waals surface area contributed by atoms with Gasteiger partial charge in [0.2, 0.25) is 0 Å². The molecule has 3 aromatic carbocycles. The van der Waals surface area contributed by atoms with Crippen molar-refractivity contribution < 1.29 is 14.0 Å². The van der Waals surface area contributed by atoms with Crippen LogP contribution in [-0.2, 0) is 11.5 Å². The monoisotopic (exact) mass is 455 g/mol. The third-order valence-corrected chi connectivity index (χ3v) is 5.90. The van der Waals surface area contributed by atoms with Crippen LogP contribution in [0.1, 0.15) is 24.1 Å². The van der Waals surface area contributed by atoms with Crippen LogP contribution in [0.15, 0.2) is 84.2 Å². The zero-order chi connectivity index (χ0) is 23.7. The van der Waals surface area contributed by atoms with E-state index in [2.05, 4.69) is 26.1 Å². The molecule has 0 saturated carbocycles. The molecular weight excluding hydrogens is 433 g/mol. The highest BCUT2D eigenvalue weighted by Gasteiger charge is 2.31. The summed E-state index contributed by atoms with van der Waals surface area (Å²) in [5.74, 6) is -0.316.